The molecule has 0 bridgehead atoms. The van der Waals surface area contributed by atoms with Crippen molar-refractivity contribution >= 4 is 33.5 Å². The molecule has 138 valence electrons. The average Bonchev–Trinajstić information content (AvgIpc) is 2.84. The first-order valence-electron chi connectivity index (χ1n) is 9.24. The standard InChI is InChI=1S/C20H28BrNO3/c1-3-4-5-6-7-8-9-16-10-12-17(13-11-16)22-14-15(2)20(21,18(22)23)19(24)25/h10-13,15H,3-9,14H2,1-2H3,(H,24,25). The van der Waals surface area contributed by atoms with Crippen LogP contribution in [0.4, 0.5) is 5.69 Å². The molecule has 2 rings (SSSR count). The van der Waals surface area contributed by atoms with Gasteiger partial charge in [-0.2, -0.15) is 0 Å². The van der Waals surface area contributed by atoms with Gasteiger partial charge in [0.15, 0.2) is 0 Å². The number of aliphatic carboxylic acids is 1. The molecule has 0 aromatic heterocycles. The number of anilines is 1. The third-order valence-corrected chi connectivity index (χ3v) is 6.53. The molecule has 1 heterocycles. The molecule has 25 heavy (non-hydrogen) atoms. The van der Waals surface area contributed by atoms with Crippen molar-refractivity contribution in [3.63, 3.8) is 0 Å². The number of aryl methyl sites for hydroxylation is 1. The summed E-state index contributed by atoms with van der Waals surface area (Å²) in [6, 6.07) is 7.96. The van der Waals surface area contributed by atoms with Crippen LogP contribution in [0.1, 0.15) is 57.9 Å². The number of carboxylic acid groups (broad SMARTS) is 1. The van der Waals surface area contributed by atoms with Gasteiger partial charge in [0.25, 0.3) is 5.91 Å². The summed E-state index contributed by atoms with van der Waals surface area (Å²) in [4.78, 5) is 25.6. The Labute approximate surface area is 158 Å². The van der Waals surface area contributed by atoms with Crippen molar-refractivity contribution < 1.29 is 14.7 Å². The smallest absolute Gasteiger partial charge is 0.330 e. The normalized spacial score (nSPS) is 23.2. The first-order valence-corrected chi connectivity index (χ1v) is 10.0. The Hall–Kier alpha value is -1.36. The Bertz CT molecular complexity index is 601. The van der Waals surface area contributed by atoms with Gasteiger partial charge >= 0.3 is 5.97 Å². The van der Waals surface area contributed by atoms with Gasteiger partial charge in [0.1, 0.15) is 0 Å². The van der Waals surface area contributed by atoms with E-state index < -0.39 is 16.2 Å². The van der Waals surface area contributed by atoms with Crippen LogP contribution in [0.25, 0.3) is 0 Å². The maximum atomic E-state index is 12.6. The number of carboxylic acids is 1. The summed E-state index contributed by atoms with van der Waals surface area (Å²) in [5.74, 6) is -1.80. The van der Waals surface area contributed by atoms with E-state index in [4.69, 9.17) is 0 Å². The summed E-state index contributed by atoms with van der Waals surface area (Å²) in [5, 5.41) is 9.40. The van der Waals surface area contributed by atoms with Crippen LogP contribution in [0.15, 0.2) is 24.3 Å². The van der Waals surface area contributed by atoms with Crippen LogP contribution in [-0.4, -0.2) is 27.9 Å². The van der Waals surface area contributed by atoms with Gasteiger partial charge < -0.3 is 10.0 Å². The van der Waals surface area contributed by atoms with E-state index in [1.165, 1.54) is 44.1 Å². The number of carbonyl (C=O) groups excluding carboxylic acids is 1. The lowest BCUT2D eigenvalue weighted by Crippen LogP contribution is -2.44. The van der Waals surface area contributed by atoms with Crippen molar-refractivity contribution in [2.75, 3.05) is 11.4 Å². The number of hydrogen-bond acceptors (Lipinski definition) is 2. The minimum atomic E-state index is -1.51. The van der Waals surface area contributed by atoms with Crippen LogP contribution < -0.4 is 4.90 Å². The Morgan fingerprint density at radius 1 is 1.20 bits per heavy atom. The van der Waals surface area contributed by atoms with Crippen LogP contribution in [0.3, 0.4) is 0 Å². The van der Waals surface area contributed by atoms with E-state index in [0.29, 0.717) is 6.54 Å². The molecule has 0 aliphatic carbocycles. The minimum Gasteiger partial charge on any atom is -0.480 e. The summed E-state index contributed by atoms with van der Waals surface area (Å²) in [6.45, 7) is 4.42. The van der Waals surface area contributed by atoms with Crippen LogP contribution >= 0.6 is 15.9 Å². The monoisotopic (exact) mass is 409 g/mol. The fourth-order valence-electron chi connectivity index (χ4n) is 3.37. The molecule has 4 nitrogen and oxygen atoms in total. The molecule has 1 aliphatic rings. The summed E-state index contributed by atoms with van der Waals surface area (Å²) in [5.41, 5.74) is 2.04. The highest BCUT2D eigenvalue weighted by Gasteiger charge is 2.56. The van der Waals surface area contributed by atoms with Crippen molar-refractivity contribution in [2.24, 2.45) is 5.92 Å². The molecule has 0 saturated carbocycles. The van der Waals surface area contributed by atoms with Gasteiger partial charge in [-0.1, -0.05) is 74.0 Å². The lowest BCUT2D eigenvalue weighted by atomic mass is 9.98. The molecular formula is C20H28BrNO3. The molecule has 2 atom stereocenters. The summed E-state index contributed by atoms with van der Waals surface area (Å²) in [6.07, 6.45) is 8.71. The first kappa shape index (κ1) is 20.0. The van der Waals surface area contributed by atoms with Crippen LogP contribution in [0, 0.1) is 5.92 Å². The van der Waals surface area contributed by atoms with Gasteiger partial charge in [0.2, 0.25) is 4.32 Å². The average molecular weight is 410 g/mol. The van der Waals surface area contributed by atoms with Gasteiger partial charge in [0.05, 0.1) is 0 Å². The highest BCUT2D eigenvalue weighted by Crippen LogP contribution is 2.39. The predicted octanol–water partition coefficient (Wildman–Crippen LogP) is 4.79. The molecule has 1 N–H and O–H groups in total. The van der Waals surface area contributed by atoms with E-state index in [0.717, 1.165) is 12.1 Å². The predicted molar refractivity (Wildman–Crippen MR) is 104 cm³/mol. The number of benzene rings is 1. The van der Waals surface area contributed by atoms with E-state index in [9.17, 15) is 14.7 Å². The van der Waals surface area contributed by atoms with E-state index in [-0.39, 0.29) is 5.92 Å². The van der Waals surface area contributed by atoms with E-state index >= 15 is 0 Å². The summed E-state index contributed by atoms with van der Waals surface area (Å²) in [7, 11) is 0. The molecule has 1 aromatic rings. The second kappa shape index (κ2) is 8.84. The highest BCUT2D eigenvalue weighted by molar-refractivity contribution is 9.10. The molecule has 1 saturated heterocycles. The van der Waals surface area contributed by atoms with Crippen LogP contribution in [0.5, 0.6) is 0 Å². The Balaban J connectivity index is 1.92. The fraction of sp³-hybridized carbons (Fsp3) is 0.600. The zero-order valence-electron chi connectivity index (χ0n) is 15.1. The highest BCUT2D eigenvalue weighted by atomic mass is 79.9. The van der Waals surface area contributed by atoms with E-state index in [1.807, 2.05) is 24.3 Å². The van der Waals surface area contributed by atoms with Crippen LogP contribution in [0.2, 0.25) is 0 Å². The maximum absolute atomic E-state index is 12.6. The number of halogens is 1. The molecule has 0 spiro atoms. The minimum absolute atomic E-state index is 0.291. The third kappa shape index (κ3) is 4.43. The van der Waals surface area contributed by atoms with Gasteiger partial charge in [-0.05, 0) is 30.5 Å². The number of rotatable bonds is 9. The topological polar surface area (TPSA) is 57.6 Å². The lowest BCUT2D eigenvalue weighted by molar-refractivity contribution is -0.143. The van der Waals surface area contributed by atoms with Gasteiger partial charge in [-0.3, -0.25) is 9.59 Å². The van der Waals surface area contributed by atoms with Crippen molar-refractivity contribution in [3.05, 3.63) is 29.8 Å². The van der Waals surface area contributed by atoms with Gasteiger partial charge in [0, 0.05) is 18.2 Å². The third-order valence-electron chi connectivity index (χ3n) is 5.07. The molecule has 2 unspecified atom stereocenters. The number of unbranched alkanes of at least 4 members (excludes halogenated alkanes) is 5. The Morgan fingerprint density at radius 3 is 2.36 bits per heavy atom. The SMILES string of the molecule is CCCCCCCCc1ccc(N2CC(C)C(Br)(C(=O)O)C2=O)cc1. The van der Waals surface area contributed by atoms with Crippen molar-refractivity contribution in [1.29, 1.82) is 0 Å². The fourth-order valence-corrected chi connectivity index (χ4v) is 3.73. The van der Waals surface area contributed by atoms with Crippen molar-refractivity contribution in [1.82, 2.24) is 0 Å². The number of hydrogen-bond donors (Lipinski definition) is 1. The number of alkyl halides is 1. The Kier molecular flexibility index (Phi) is 7.05. The molecular weight excluding hydrogens is 382 g/mol. The molecule has 0 radical (unpaired) electrons. The maximum Gasteiger partial charge on any atom is 0.330 e. The number of nitrogens with zero attached hydrogens (tertiary/aromatic N) is 1. The molecule has 1 fully saturated rings. The number of carbonyl (C=O) groups is 2. The molecule has 1 amide bonds. The second-order valence-electron chi connectivity index (χ2n) is 7.02. The molecule has 1 aromatic carbocycles. The number of amides is 1. The van der Waals surface area contributed by atoms with Crippen molar-refractivity contribution in [2.45, 2.75) is 63.1 Å². The largest absolute Gasteiger partial charge is 0.480 e. The Morgan fingerprint density at radius 2 is 1.80 bits per heavy atom. The van der Waals surface area contributed by atoms with Crippen molar-refractivity contribution in [3.8, 4) is 0 Å². The quantitative estimate of drug-likeness (QED) is 0.362. The van der Waals surface area contributed by atoms with Gasteiger partial charge in [-0.25, -0.2) is 0 Å². The van der Waals surface area contributed by atoms with Gasteiger partial charge in [-0.15, -0.1) is 0 Å². The van der Waals surface area contributed by atoms with E-state index in [2.05, 4.69) is 22.9 Å². The zero-order chi connectivity index (χ0) is 18.4. The zero-order valence-corrected chi connectivity index (χ0v) is 16.7. The second-order valence-corrected chi connectivity index (χ2v) is 8.27. The summed E-state index contributed by atoms with van der Waals surface area (Å²) < 4.78 is -1.51. The van der Waals surface area contributed by atoms with E-state index in [1.54, 1.807) is 11.8 Å². The summed E-state index contributed by atoms with van der Waals surface area (Å²) >= 11 is 3.16. The van der Waals surface area contributed by atoms with Crippen LogP contribution in [-0.2, 0) is 16.0 Å². The molecule has 5 heteroatoms. The lowest BCUT2D eigenvalue weighted by Gasteiger charge is -2.19. The first-order chi connectivity index (χ1) is 11.9. The molecule has 1 aliphatic heterocycles.